The summed E-state index contributed by atoms with van der Waals surface area (Å²) in [7, 11) is 0. The standard InChI is InChI=1S/C18H22N6O9S/c1-7-13(16(28)24(7)33-8(2)17(29)30)21-15(27)14(10-6-34-18(19)20-10)22-32-5-9-3-11(25)12(26)4-23(9)31/h6-9,13,31H,3-5H2,1-2H3,(H2,19,20)(H,21,27)(H,29,30)/t7-,8-,9?,13-/m0/s1. The Morgan fingerprint density at radius 2 is 2.09 bits per heavy atom. The Labute approximate surface area is 196 Å². The van der Waals surface area contributed by atoms with E-state index in [9.17, 15) is 29.2 Å². The number of β-lactam (4-membered cyclic amide) rings is 1. The highest BCUT2D eigenvalue weighted by Crippen LogP contribution is 2.22. The van der Waals surface area contributed by atoms with Gasteiger partial charge in [-0.25, -0.2) is 14.8 Å². The van der Waals surface area contributed by atoms with Crippen molar-refractivity contribution in [3.63, 3.8) is 0 Å². The summed E-state index contributed by atoms with van der Waals surface area (Å²) < 4.78 is 0. The first-order valence-electron chi connectivity index (χ1n) is 9.96. The van der Waals surface area contributed by atoms with Crippen molar-refractivity contribution >= 4 is 51.5 Å². The number of hydroxylamine groups is 4. The van der Waals surface area contributed by atoms with E-state index in [1.165, 1.54) is 12.3 Å². The molecule has 0 bridgehead atoms. The van der Waals surface area contributed by atoms with Crippen molar-refractivity contribution in [2.75, 3.05) is 18.9 Å². The quantitative estimate of drug-likeness (QED) is 0.128. The zero-order valence-corrected chi connectivity index (χ0v) is 18.9. The molecule has 2 saturated heterocycles. The molecule has 2 fully saturated rings. The summed E-state index contributed by atoms with van der Waals surface area (Å²) in [4.78, 5) is 73.3. The molecular formula is C18H22N6O9S. The van der Waals surface area contributed by atoms with Crippen molar-refractivity contribution in [2.24, 2.45) is 5.16 Å². The number of hydrogen-bond acceptors (Lipinski definition) is 13. The molecule has 15 nitrogen and oxygen atoms in total. The minimum absolute atomic E-state index is 0.0581. The van der Waals surface area contributed by atoms with Gasteiger partial charge in [0.2, 0.25) is 11.6 Å². The number of carbonyl (C=O) groups is 5. The van der Waals surface area contributed by atoms with E-state index in [1.807, 2.05) is 0 Å². The number of carboxylic acids is 1. The van der Waals surface area contributed by atoms with Crippen LogP contribution in [0, 0.1) is 0 Å². The number of hydrogen-bond donors (Lipinski definition) is 4. The molecule has 184 valence electrons. The largest absolute Gasteiger partial charge is 0.479 e. The number of anilines is 1. The third-order valence-electron chi connectivity index (χ3n) is 5.10. The second-order valence-corrected chi connectivity index (χ2v) is 8.44. The zero-order valence-electron chi connectivity index (χ0n) is 18.0. The zero-order chi connectivity index (χ0) is 25.2. The predicted octanol–water partition coefficient (Wildman–Crippen LogP) is -1.83. The van der Waals surface area contributed by atoms with Crippen LogP contribution in [-0.4, -0.2) is 97.9 Å². The van der Waals surface area contributed by atoms with Gasteiger partial charge in [0.05, 0.1) is 18.6 Å². The van der Waals surface area contributed by atoms with Crippen molar-refractivity contribution in [3.05, 3.63) is 11.1 Å². The Bertz CT molecular complexity index is 1040. The molecule has 2 amide bonds. The van der Waals surface area contributed by atoms with Gasteiger partial charge >= 0.3 is 5.97 Å². The molecule has 2 aliphatic rings. The first kappa shape index (κ1) is 25.2. The van der Waals surface area contributed by atoms with E-state index < -0.39 is 60.1 Å². The van der Waals surface area contributed by atoms with Gasteiger partial charge in [-0.1, -0.05) is 5.16 Å². The molecule has 0 aromatic carbocycles. The second-order valence-electron chi connectivity index (χ2n) is 7.55. The Morgan fingerprint density at radius 3 is 2.68 bits per heavy atom. The van der Waals surface area contributed by atoms with E-state index in [0.717, 1.165) is 16.4 Å². The third kappa shape index (κ3) is 5.36. The number of carbonyl (C=O) groups excluding carboxylic acids is 4. The number of nitrogens with zero attached hydrogens (tertiary/aromatic N) is 4. The molecule has 1 aromatic rings. The van der Waals surface area contributed by atoms with Crippen molar-refractivity contribution in [2.45, 2.75) is 44.5 Å². The first-order chi connectivity index (χ1) is 16.0. The summed E-state index contributed by atoms with van der Waals surface area (Å²) in [5.74, 6) is -4.14. The van der Waals surface area contributed by atoms with Crippen LogP contribution in [0.5, 0.6) is 0 Å². The van der Waals surface area contributed by atoms with Crippen LogP contribution in [0.1, 0.15) is 26.0 Å². The molecule has 3 heterocycles. The smallest absolute Gasteiger partial charge is 0.335 e. The third-order valence-corrected chi connectivity index (χ3v) is 5.78. The highest BCUT2D eigenvalue weighted by molar-refractivity contribution is 7.13. The number of nitrogens with one attached hydrogen (secondary N) is 1. The molecule has 1 unspecified atom stereocenters. The fourth-order valence-corrected chi connectivity index (χ4v) is 3.63. The number of nitrogen functional groups attached to an aromatic ring is 1. The topological polar surface area (TPSA) is 214 Å². The molecule has 3 rings (SSSR count). The van der Waals surface area contributed by atoms with Gasteiger partial charge in [-0.15, -0.1) is 11.3 Å². The van der Waals surface area contributed by atoms with Crippen molar-refractivity contribution < 1.29 is 44.0 Å². The average Bonchev–Trinajstić information content (AvgIpc) is 3.21. The van der Waals surface area contributed by atoms with Gasteiger partial charge in [0.25, 0.3) is 11.8 Å². The lowest BCUT2D eigenvalue weighted by molar-refractivity contribution is -0.249. The molecule has 0 spiro atoms. The summed E-state index contributed by atoms with van der Waals surface area (Å²) in [5.41, 5.74) is 5.36. The molecule has 0 radical (unpaired) electrons. The monoisotopic (exact) mass is 498 g/mol. The van der Waals surface area contributed by atoms with Crippen LogP contribution in [0.2, 0.25) is 0 Å². The summed E-state index contributed by atoms with van der Waals surface area (Å²) in [5, 5.41) is 28.1. The van der Waals surface area contributed by atoms with Gasteiger partial charge in [0.15, 0.2) is 16.9 Å². The molecule has 0 saturated carbocycles. The van der Waals surface area contributed by atoms with Crippen LogP contribution in [0.25, 0.3) is 0 Å². The van der Waals surface area contributed by atoms with E-state index in [0.29, 0.717) is 5.06 Å². The maximum absolute atomic E-state index is 12.9. The average molecular weight is 498 g/mol. The lowest BCUT2D eigenvalue weighted by Gasteiger charge is -2.44. The van der Waals surface area contributed by atoms with E-state index in [4.69, 9.17) is 20.5 Å². The van der Waals surface area contributed by atoms with E-state index in [-0.39, 0.29) is 29.6 Å². The van der Waals surface area contributed by atoms with Crippen molar-refractivity contribution in [1.29, 1.82) is 0 Å². The van der Waals surface area contributed by atoms with Gasteiger partial charge in [-0.2, -0.15) is 5.06 Å². The van der Waals surface area contributed by atoms with Crippen LogP contribution >= 0.6 is 11.3 Å². The molecule has 1 aromatic heterocycles. The first-order valence-corrected chi connectivity index (χ1v) is 10.8. The van der Waals surface area contributed by atoms with Gasteiger partial charge < -0.3 is 26.2 Å². The molecule has 4 atom stereocenters. The number of nitrogens with two attached hydrogens (primary N) is 1. The number of ketones is 2. The minimum atomic E-state index is -1.26. The predicted molar refractivity (Wildman–Crippen MR) is 112 cm³/mol. The lowest BCUT2D eigenvalue weighted by Crippen LogP contribution is -2.70. The molecule has 0 aliphatic carbocycles. The van der Waals surface area contributed by atoms with Gasteiger partial charge in [0, 0.05) is 11.8 Å². The molecule has 5 N–H and O–H groups in total. The number of aliphatic carboxylic acids is 1. The Balaban J connectivity index is 1.67. The highest BCUT2D eigenvalue weighted by atomic mass is 32.1. The number of rotatable bonds is 9. The van der Waals surface area contributed by atoms with Crippen LogP contribution in [0.3, 0.4) is 0 Å². The fraction of sp³-hybridized carbons (Fsp3) is 0.500. The Morgan fingerprint density at radius 1 is 1.38 bits per heavy atom. The second kappa shape index (κ2) is 10.2. The number of Topliss-reactive ketones (excluding diaryl/α,β-unsaturated/α-hetero) is 2. The normalized spacial score (nSPS) is 24.6. The van der Waals surface area contributed by atoms with Crippen LogP contribution in [0.15, 0.2) is 10.5 Å². The summed E-state index contributed by atoms with van der Waals surface area (Å²) >= 11 is 1.03. The molecular weight excluding hydrogens is 476 g/mol. The number of carboxylic acid groups (broad SMARTS) is 1. The summed E-state index contributed by atoms with van der Waals surface area (Å²) in [6.07, 6.45) is -1.55. The molecule has 16 heteroatoms. The number of thiazole rings is 1. The van der Waals surface area contributed by atoms with Gasteiger partial charge in [-0.05, 0) is 13.8 Å². The maximum Gasteiger partial charge on any atom is 0.335 e. The van der Waals surface area contributed by atoms with Crippen molar-refractivity contribution in [3.8, 4) is 0 Å². The minimum Gasteiger partial charge on any atom is -0.479 e. The Hall–Kier alpha value is -3.47. The van der Waals surface area contributed by atoms with E-state index in [1.54, 1.807) is 6.92 Å². The van der Waals surface area contributed by atoms with Gasteiger partial charge in [-0.3, -0.25) is 24.0 Å². The summed E-state index contributed by atoms with van der Waals surface area (Å²) in [6, 6.07) is -2.55. The highest BCUT2D eigenvalue weighted by Gasteiger charge is 2.48. The maximum atomic E-state index is 12.9. The number of oxime groups is 1. The molecule has 34 heavy (non-hydrogen) atoms. The van der Waals surface area contributed by atoms with Crippen LogP contribution in [-0.2, 0) is 33.6 Å². The number of amides is 2. The van der Waals surface area contributed by atoms with Crippen molar-refractivity contribution in [1.82, 2.24) is 20.4 Å². The SMILES string of the molecule is C[C@H](ON1C(=O)[C@@H](NC(=O)C(=NOCC2CC(=O)C(=O)CN2O)c2csc(N)n2)[C@@H]1C)C(=O)O. The summed E-state index contributed by atoms with van der Waals surface area (Å²) in [6.45, 7) is 2.01. The fourth-order valence-electron chi connectivity index (χ4n) is 3.08. The number of aromatic nitrogens is 1. The van der Waals surface area contributed by atoms with Crippen LogP contribution < -0.4 is 11.1 Å². The van der Waals surface area contributed by atoms with Gasteiger partial charge in [0.1, 0.15) is 18.3 Å². The lowest BCUT2D eigenvalue weighted by atomic mass is 9.99. The number of piperidine rings is 1. The van der Waals surface area contributed by atoms with Crippen LogP contribution in [0.4, 0.5) is 5.13 Å². The van der Waals surface area contributed by atoms with E-state index >= 15 is 0 Å². The van der Waals surface area contributed by atoms with E-state index in [2.05, 4.69) is 15.5 Å². The Kier molecular flexibility index (Phi) is 7.55. The molecule has 2 aliphatic heterocycles.